The highest BCUT2D eigenvalue weighted by molar-refractivity contribution is 6.33. The van der Waals surface area contributed by atoms with Crippen molar-refractivity contribution in [1.29, 1.82) is 0 Å². The number of hydrogen-bond acceptors (Lipinski definition) is 6. The van der Waals surface area contributed by atoms with Gasteiger partial charge in [0, 0.05) is 11.8 Å². The number of carbonyl (C=O) groups excluding carboxylic acids is 2. The van der Waals surface area contributed by atoms with Crippen molar-refractivity contribution in [2.45, 2.75) is 32.5 Å². The number of hydrogen-bond donors (Lipinski definition) is 2. The number of nitrogens with one attached hydrogen (secondary N) is 1. The first-order valence-electron chi connectivity index (χ1n) is 10.2. The molecule has 10 heteroatoms. The lowest BCUT2D eigenvalue weighted by Crippen LogP contribution is -2.46. The summed E-state index contributed by atoms with van der Waals surface area (Å²) < 4.78 is 0. The summed E-state index contributed by atoms with van der Waals surface area (Å²) in [5.41, 5.74) is 3.63. The Morgan fingerprint density at radius 1 is 1.24 bits per heavy atom. The Hall–Kier alpha value is -3.07. The minimum absolute atomic E-state index is 0.0280. The highest BCUT2D eigenvalue weighted by Gasteiger charge is 2.36. The molecule has 0 aliphatic carbocycles. The second-order valence-electron chi connectivity index (χ2n) is 7.82. The maximum Gasteiger partial charge on any atom is 0.256 e. The largest absolute Gasteiger partial charge is 0.394 e. The molecule has 2 N–H and O–H groups in total. The van der Waals surface area contributed by atoms with Crippen molar-refractivity contribution in [3.63, 3.8) is 0 Å². The van der Waals surface area contributed by atoms with E-state index in [0.717, 1.165) is 11.1 Å². The number of nitrogens with zero attached hydrogens (tertiary/aromatic N) is 4. The summed E-state index contributed by atoms with van der Waals surface area (Å²) >= 11 is 12.1. The van der Waals surface area contributed by atoms with E-state index < -0.39 is 12.1 Å². The minimum Gasteiger partial charge on any atom is -0.394 e. The van der Waals surface area contributed by atoms with Crippen molar-refractivity contribution in [3.05, 3.63) is 75.4 Å². The molecule has 2 aromatic heterocycles. The van der Waals surface area contributed by atoms with Crippen LogP contribution >= 0.6 is 23.2 Å². The fraction of sp³-hybridized carbons (Fsp3) is 0.261. The lowest BCUT2D eigenvalue weighted by atomic mass is 10.0. The normalized spacial score (nSPS) is 14.7. The lowest BCUT2D eigenvalue weighted by molar-refractivity contribution is -0.126. The fourth-order valence-electron chi connectivity index (χ4n) is 3.74. The number of carbonyl (C=O) groups is 2. The van der Waals surface area contributed by atoms with Crippen LogP contribution in [0.4, 0.5) is 0 Å². The second kappa shape index (κ2) is 9.43. The number of rotatable bonds is 6. The maximum absolute atomic E-state index is 13.1. The van der Waals surface area contributed by atoms with E-state index in [1.54, 1.807) is 19.2 Å². The van der Waals surface area contributed by atoms with Gasteiger partial charge in [0.1, 0.15) is 6.04 Å². The topological polar surface area (TPSA) is 108 Å². The standard InChI is InChI=1S/C23H21Cl2N5O3/c1-12-4-3-5-14(6-12)19(11-31)28-21(32)13(2)30-10-18-16(22(30)33)7-15(8-26-18)20-17(24)9-27-23(25)29-20/h3-9,13,19,31H,10-11H2,1-2H3,(H,28,32)/t13-,19-/m1/s1. The molecular weight excluding hydrogens is 465 g/mol. The summed E-state index contributed by atoms with van der Waals surface area (Å²) in [6.07, 6.45) is 2.94. The second-order valence-corrected chi connectivity index (χ2v) is 8.57. The Bertz CT molecular complexity index is 1240. The van der Waals surface area contributed by atoms with Gasteiger partial charge in [0.25, 0.3) is 5.91 Å². The predicted molar refractivity (Wildman–Crippen MR) is 124 cm³/mol. The van der Waals surface area contributed by atoms with Gasteiger partial charge in [0.05, 0.1) is 47.4 Å². The van der Waals surface area contributed by atoms with Gasteiger partial charge in [-0.15, -0.1) is 0 Å². The van der Waals surface area contributed by atoms with E-state index in [1.165, 1.54) is 11.1 Å². The molecule has 1 aromatic carbocycles. The van der Waals surface area contributed by atoms with Crippen molar-refractivity contribution >= 4 is 35.0 Å². The zero-order chi connectivity index (χ0) is 23.7. The van der Waals surface area contributed by atoms with Gasteiger partial charge in [-0.3, -0.25) is 14.6 Å². The molecule has 2 atom stereocenters. The Kier molecular flexibility index (Phi) is 6.60. The summed E-state index contributed by atoms with van der Waals surface area (Å²) in [6, 6.07) is 7.84. The average molecular weight is 486 g/mol. The molecule has 0 saturated heterocycles. The van der Waals surface area contributed by atoms with Gasteiger partial charge in [0.15, 0.2) is 0 Å². The zero-order valence-electron chi connectivity index (χ0n) is 17.9. The number of fused-ring (bicyclic) bond motifs is 1. The van der Waals surface area contributed by atoms with Crippen LogP contribution in [-0.2, 0) is 11.3 Å². The number of benzene rings is 1. The monoisotopic (exact) mass is 485 g/mol. The molecule has 170 valence electrons. The van der Waals surface area contributed by atoms with E-state index in [2.05, 4.69) is 20.3 Å². The first kappa shape index (κ1) is 23.1. The Balaban J connectivity index is 1.53. The zero-order valence-corrected chi connectivity index (χ0v) is 19.4. The quantitative estimate of drug-likeness (QED) is 0.518. The van der Waals surface area contributed by atoms with Crippen molar-refractivity contribution in [1.82, 2.24) is 25.2 Å². The van der Waals surface area contributed by atoms with Crippen LogP contribution in [0.3, 0.4) is 0 Å². The molecule has 0 fully saturated rings. The predicted octanol–water partition coefficient (Wildman–Crippen LogP) is 3.35. The summed E-state index contributed by atoms with van der Waals surface area (Å²) in [4.78, 5) is 39.8. The third kappa shape index (κ3) is 4.68. The first-order chi connectivity index (χ1) is 15.8. The molecule has 3 heterocycles. The van der Waals surface area contributed by atoms with Gasteiger partial charge in [0.2, 0.25) is 11.2 Å². The highest BCUT2D eigenvalue weighted by Crippen LogP contribution is 2.31. The summed E-state index contributed by atoms with van der Waals surface area (Å²) in [6.45, 7) is 3.51. The molecule has 0 unspecified atom stereocenters. The van der Waals surface area contributed by atoms with Gasteiger partial charge in [-0.2, -0.15) is 0 Å². The smallest absolute Gasteiger partial charge is 0.256 e. The van der Waals surface area contributed by atoms with Crippen LogP contribution in [0, 0.1) is 6.92 Å². The van der Waals surface area contributed by atoms with Crippen molar-refractivity contribution in [3.8, 4) is 11.3 Å². The van der Waals surface area contributed by atoms with E-state index in [4.69, 9.17) is 23.2 Å². The van der Waals surface area contributed by atoms with Gasteiger partial charge in [-0.1, -0.05) is 41.4 Å². The molecule has 8 nitrogen and oxygen atoms in total. The van der Waals surface area contributed by atoms with E-state index in [9.17, 15) is 14.7 Å². The van der Waals surface area contributed by atoms with Crippen molar-refractivity contribution < 1.29 is 14.7 Å². The van der Waals surface area contributed by atoms with Crippen molar-refractivity contribution in [2.75, 3.05) is 6.61 Å². The number of halogens is 2. The number of aliphatic hydroxyl groups is 1. The van der Waals surface area contributed by atoms with Crippen LogP contribution in [0.25, 0.3) is 11.3 Å². The van der Waals surface area contributed by atoms with Crippen LogP contribution < -0.4 is 5.32 Å². The Labute approximate surface area is 200 Å². The average Bonchev–Trinajstić information content (AvgIpc) is 3.14. The van der Waals surface area contributed by atoms with E-state index >= 15 is 0 Å². The van der Waals surface area contributed by atoms with Crippen LogP contribution in [0.1, 0.15) is 40.1 Å². The third-order valence-electron chi connectivity index (χ3n) is 5.56. The minimum atomic E-state index is -0.772. The number of pyridine rings is 1. The Morgan fingerprint density at radius 2 is 2.03 bits per heavy atom. The third-order valence-corrected chi connectivity index (χ3v) is 6.02. The van der Waals surface area contributed by atoms with Gasteiger partial charge in [-0.25, -0.2) is 9.97 Å². The molecule has 33 heavy (non-hydrogen) atoms. The van der Waals surface area contributed by atoms with Gasteiger partial charge < -0.3 is 15.3 Å². The van der Waals surface area contributed by atoms with E-state index in [0.29, 0.717) is 22.5 Å². The number of aliphatic hydroxyl groups excluding tert-OH is 1. The highest BCUT2D eigenvalue weighted by atomic mass is 35.5. The Morgan fingerprint density at radius 3 is 2.76 bits per heavy atom. The maximum atomic E-state index is 13.1. The lowest BCUT2D eigenvalue weighted by Gasteiger charge is -2.26. The molecule has 1 aliphatic heterocycles. The van der Waals surface area contributed by atoms with Crippen LogP contribution in [0.15, 0.2) is 42.7 Å². The summed E-state index contributed by atoms with van der Waals surface area (Å²) in [7, 11) is 0. The van der Waals surface area contributed by atoms with Crippen LogP contribution in [0.5, 0.6) is 0 Å². The molecule has 4 rings (SSSR count). The number of amides is 2. The van der Waals surface area contributed by atoms with Crippen molar-refractivity contribution in [2.24, 2.45) is 0 Å². The molecule has 0 saturated carbocycles. The summed E-state index contributed by atoms with van der Waals surface area (Å²) in [5.74, 6) is -0.697. The summed E-state index contributed by atoms with van der Waals surface area (Å²) in [5, 5.41) is 12.9. The van der Waals surface area contributed by atoms with Crippen LogP contribution in [0.2, 0.25) is 10.3 Å². The first-order valence-corrected chi connectivity index (χ1v) is 11.0. The molecular formula is C23H21Cl2N5O3. The van der Waals surface area contributed by atoms with Gasteiger partial charge in [-0.05, 0) is 37.1 Å². The molecule has 2 amide bonds. The van der Waals surface area contributed by atoms with E-state index in [-0.39, 0.29) is 35.3 Å². The van der Waals surface area contributed by atoms with Gasteiger partial charge >= 0.3 is 0 Å². The fourth-order valence-corrected chi connectivity index (χ4v) is 4.07. The SMILES string of the molecule is Cc1cccc([C@@H](CO)NC(=O)[C@@H](C)N2Cc3ncc(-c4nc(Cl)ncc4Cl)cc3C2=O)c1. The molecule has 0 bridgehead atoms. The number of aromatic nitrogens is 3. The molecule has 1 aliphatic rings. The molecule has 0 radical (unpaired) electrons. The number of aryl methyl sites for hydroxylation is 1. The van der Waals surface area contributed by atoms with Crippen LogP contribution in [-0.4, -0.2) is 49.4 Å². The molecule has 0 spiro atoms. The van der Waals surface area contributed by atoms with E-state index in [1.807, 2.05) is 31.2 Å². The molecule has 3 aromatic rings.